The highest BCUT2D eigenvalue weighted by Crippen LogP contribution is 2.32. The van der Waals surface area contributed by atoms with Crippen molar-refractivity contribution in [3.63, 3.8) is 0 Å². The molecule has 0 bridgehead atoms. The maximum absolute atomic E-state index is 13.8. The highest BCUT2D eigenvalue weighted by Gasteiger charge is 2.35. The Kier molecular flexibility index (Phi) is 5.09. The van der Waals surface area contributed by atoms with E-state index in [1.54, 1.807) is 13.8 Å². The largest absolute Gasteiger partial charge is 0.463 e. The third-order valence-corrected chi connectivity index (χ3v) is 6.81. The van der Waals surface area contributed by atoms with Gasteiger partial charge >= 0.3 is 5.97 Å². The van der Waals surface area contributed by atoms with Crippen LogP contribution < -0.4 is 20.2 Å². The van der Waals surface area contributed by atoms with Crippen molar-refractivity contribution in [3.05, 3.63) is 96.2 Å². The number of amides is 1. The Labute approximate surface area is 193 Å². The first-order valence-electron chi connectivity index (χ1n) is 10.6. The molecule has 5 rings (SSSR count). The average molecular weight is 460 g/mol. The topological polar surface area (TPSA) is 89.8 Å². The monoisotopic (exact) mass is 459 g/mol. The quantitative estimate of drug-likeness (QED) is 0.610. The maximum atomic E-state index is 13.8. The van der Waals surface area contributed by atoms with Gasteiger partial charge in [0.25, 0.3) is 11.5 Å². The number of aromatic nitrogens is 1. The number of nitrogens with one attached hydrogen (secondary N) is 1. The fourth-order valence-corrected chi connectivity index (χ4v) is 5.44. The number of esters is 1. The van der Waals surface area contributed by atoms with Crippen LogP contribution in [0.4, 0.5) is 5.69 Å². The number of allylic oxidation sites excluding steroid dienone is 1. The molecule has 1 atom stereocenters. The van der Waals surface area contributed by atoms with Crippen LogP contribution in [0.1, 0.15) is 36.6 Å². The van der Waals surface area contributed by atoms with Gasteiger partial charge in [-0.1, -0.05) is 53.3 Å². The lowest BCUT2D eigenvalue weighted by Crippen LogP contribution is -2.40. The number of benzene rings is 2. The van der Waals surface area contributed by atoms with Crippen LogP contribution in [0.5, 0.6) is 0 Å². The van der Waals surface area contributed by atoms with E-state index in [1.807, 2.05) is 55.5 Å². The van der Waals surface area contributed by atoms with Crippen LogP contribution in [0.3, 0.4) is 0 Å². The normalized spacial score (nSPS) is 18.4. The van der Waals surface area contributed by atoms with Gasteiger partial charge in [-0.3, -0.25) is 14.2 Å². The fourth-order valence-electron chi connectivity index (χ4n) is 4.30. The van der Waals surface area contributed by atoms with Crippen molar-refractivity contribution < 1.29 is 14.3 Å². The molecule has 0 unspecified atom stereocenters. The van der Waals surface area contributed by atoms with Gasteiger partial charge in [0.1, 0.15) is 4.53 Å². The van der Waals surface area contributed by atoms with E-state index in [-0.39, 0.29) is 18.1 Å². The Morgan fingerprint density at radius 1 is 1.15 bits per heavy atom. The van der Waals surface area contributed by atoms with Gasteiger partial charge in [0, 0.05) is 11.3 Å². The molecule has 0 spiro atoms. The van der Waals surface area contributed by atoms with Crippen LogP contribution in [-0.2, 0) is 14.3 Å². The van der Waals surface area contributed by atoms with Crippen molar-refractivity contribution in [2.75, 3.05) is 11.9 Å². The van der Waals surface area contributed by atoms with Crippen LogP contribution >= 0.6 is 11.3 Å². The SMILES string of the molecule is CCOC(=O)C1=C(C)N=c2s/c(=C3\C(=O)Nc4ccc(C)cc43)c(=O)n2[C@H]1c1ccccc1. The number of thiazole rings is 1. The van der Waals surface area contributed by atoms with Gasteiger partial charge in [-0.25, -0.2) is 9.79 Å². The predicted molar refractivity (Wildman–Crippen MR) is 126 cm³/mol. The minimum absolute atomic E-state index is 0.210. The maximum Gasteiger partial charge on any atom is 0.338 e. The molecular formula is C25H21N3O4S. The minimum Gasteiger partial charge on any atom is -0.463 e. The molecule has 2 aliphatic heterocycles. The number of fused-ring (bicyclic) bond motifs is 2. The molecule has 0 saturated carbocycles. The smallest absolute Gasteiger partial charge is 0.338 e. The van der Waals surface area contributed by atoms with E-state index in [1.165, 1.54) is 4.57 Å². The molecule has 2 aliphatic rings. The first kappa shape index (κ1) is 21.1. The summed E-state index contributed by atoms with van der Waals surface area (Å²) < 4.78 is 7.11. The van der Waals surface area contributed by atoms with E-state index in [4.69, 9.17) is 4.74 Å². The Hall–Kier alpha value is -3.78. The molecule has 1 aromatic heterocycles. The molecule has 0 radical (unpaired) electrons. The number of rotatable bonds is 3. The second-order valence-electron chi connectivity index (χ2n) is 7.91. The molecule has 8 heteroatoms. The second-order valence-corrected chi connectivity index (χ2v) is 8.89. The summed E-state index contributed by atoms with van der Waals surface area (Å²) in [6.07, 6.45) is 0. The molecule has 3 heterocycles. The Balaban J connectivity index is 1.83. The lowest BCUT2D eigenvalue weighted by Gasteiger charge is -2.24. The molecule has 33 heavy (non-hydrogen) atoms. The van der Waals surface area contributed by atoms with E-state index in [0.717, 1.165) is 22.5 Å². The summed E-state index contributed by atoms with van der Waals surface area (Å²) >= 11 is 1.16. The zero-order chi connectivity index (χ0) is 23.3. The summed E-state index contributed by atoms with van der Waals surface area (Å²) in [6, 6.07) is 14.3. The van der Waals surface area contributed by atoms with Gasteiger partial charge in [0.05, 0.1) is 29.5 Å². The molecule has 0 aliphatic carbocycles. The Bertz CT molecular complexity index is 1530. The van der Waals surface area contributed by atoms with Gasteiger partial charge in [-0.15, -0.1) is 0 Å². The van der Waals surface area contributed by atoms with E-state index in [9.17, 15) is 14.4 Å². The van der Waals surface area contributed by atoms with Crippen molar-refractivity contribution in [1.29, 1.82) is 0 Å². The van der Waals surface area contributed by atoms with Gasteiger partial charge in [0.15, 0.2) is 4.80 Å². The number of hydrogen-bond donors (Lipinski definition) is 1. The van der Waals surface area contributed by atoms with Crippen LogP contribution in [0, 0.1) is 6.92 Å². The van der Waals surface area contributed by atoms with Crippen LogP contribution in [0.2, 0.25) is 0 Å². The van der Waals surface area contributed by atoms with Crippen LogP contribution in [0.25, 0.3) is 5.57 Å². The lowest BCUT2D eigenvalue weighted by atomic mass is 9.96. The van der Waals surface area contributed by atoms with Gasteiger partial charge in [0.2, 0.25) is 0 Å². The summed E-state index contributed by atoms with van der Waals surface area (Å²) in [7, 11) is 0. The number of aryl methyl sites for hydroxylation is 1. The van der Waals surface area contributed by atoms with E-state index in [2.05, 4.69) is 10.3 Å². The highest BCUT2D eigenvalue weighted by atomic mass is 32.1. The van der Waals surface area contributed by atoms with Crippen molar-refractivity contribution in [3.8, 4) is 0 Å². The molecule has 1 amide bonds. The zero-order valence-corrected chi connectivity index (χ0v) is 19.2. The zero-order valence-electron chi connectivity index (χ0n) is 18.3. The fraction of sp³-hybridized carbons (Fsp3) is 0.200. The van der Waals surface area contributed by atoms with Crippen LogP contribution in [-0.4, -0.2) is 23.1 Å². The molecule has 1 N–H and O–H groups in total. The van der Waals surface area contributed by atoms with Gasteiger partial charge < -0.3 is 10.1 Å². The Morgan fingerprint density at radius 2 is 1.91 bits per heavy atom. The number of carbonyl (C=O) groups is 2. The third-order valence-electron chi connectivity index (χ3n) is 5.75. The van der Waals surface area contributed by atoms with Gasteiger partial charge in [-0.2, -0.15) is 0 Å². The summed E-state index contributed by atoms with van der Waals surface area (Å²) in [5, 5.41) is 2.84. The minimum atomic E-state index is -0.697. The average Bonchev–Trinajstić information content (AvgIpc) is 3.28. The number of anilines is 1. The van der Waals surface area contributed by atoms with Gasteiger partial charge in [-0.05, 0) is 38.5 Å². The van der Waals surface area contributed by atoms with Crippen molar-refractivity contribution in [1.82, 2.24) is 4.57 Å². The number of hydrogen-bond acceptors (Lipinski definition) is 6. The molecule has 0 saturated heterocycles. The van der Waals surface area contributed by atoms with Crippen LogP contribution in [0.15, 0.2) is 69.6 Å². The summed E-state index contributed by atoms with van der Waals surface area (Å²) in [4.78, 5) is 44.6. The second kappa shape index (κ2) is 7.97. The third kappa shape index (κ3) is 3.34. The standard InChI is InChI=1S/C25H21N3O4S/c1-4-32-24(31)18-14(3)26-25-28(20(18)15-8-6-5-7-9-15)23(30)21(33-25)19-16-12-13(2)10-11-17(16)27-22(19)29/h5-12,20H,4H2,1-3H3,(H,27,29)/b21-19-/t20-/m0/s1. The summed E-state index contributed by atoms with van der Waals surface area (Å²) in [5.74, 6) is -0.830. The van der Waals surface area contributed by atoms with E-state index >= 15 is 0 Å². The molecule has 3 aromatic rings. The molecule has 7 nitrogen and oxygen atoms in total. The number of nitrogens with zero attached hydrogens (tertiary/aromatic N) is 2. The lowest BCUT2D eigenvalue weighted by molar-refractivity contribution is -0.139. The summed E-state index contributed by atoms with van der Waals surface area (Å²) in [5.41, 5.74) is 3.91. The van der Waals surface area contributed by atoms with E-state index < -0.39 is 12.0 Å². The summed E-state index contributed by atoms with van der Waals surface area (Å²) in [6.45, 7) is 5.62. The molecule has 2 aromatic carbocycles. The van der Waals surface area contributed by atoms with E-state index in [0.29, 0.717) is 37.4 Å². The van der Waals surface area contributed by atoms with Crippen molar-refractivity contribution in [2.45, 2.75) is 26.8 Å². The van der Waals surface area contributed by atoms with Crippen molar-refractivity contribution in [2.24, 2.45) is 4.99 Å². The molecular weight excluding hydrogens is 438 g/mol. The predicted octanol–water partition coefficient (Wildman–Crippen LogP) is 2.43. The van der Waals surface area contributed by atoms with Crippen molar-refractivity contribution >= 4 is 34.5 Å². The Morgan fingerprint density at radius 3 is 2.64 bits per heavy atom. The first-order chi connectivity index (χ1) is 15.9. The number of ether oxygens (including phenoxy) is 1. The first-order valence-corrected chi connectivity index (χ1v) is 11.4. The highest BCUT2D eigenvalue weighted by molar-refractivity contribution is 7.07. The molecule has 166 valence electrons. The number of carbonyl (C=O) groups excluding carboxylic acids is 2. The molecule has 0 fully saturated rings.